The van der Waals surface area contributed by atoms with Gasteiger partial charge in [-0.3, -0.25) is 0 Å². The maximum Gasteiger partial charge on any atom is 0.149 e. The second kappa shape index (κ2) is 4.86. The largest absolute Gasteiger partial charge is 0.312 e. The summed E-state index contributed by atoms with van der Waals surface area (Å²) in [7, 11) is 1.86. The summed E-state index contributed by atoms with van der Waals surface area (Å²) < 4.78 is 15.4. The second-order valence-corrected chi connectivity index (χ2v) is 4.44. The molecule has 96 valence electrons. The summed E-state index contributed by atoms with van der Waals surface area (Å²) in [6, 6.07) is 5.17. The lowest BCUT2D eigenvalue weighted by Crippen LogP contribution is -2.14. The minimum Gasteiger partial charge on any atom is -0.312 e. The molecule has 18 heavy (non-hydrogen) atoms. The molecular formula is C13H17FN4. The van der Waals surface area contributed by atoms with Gasteiger partial charge < -0.3 is 5.32 Å². The molecule has 1 atom stereocenters. The van der Waals surface area contributed by atoms with E-state index in [9.17, 15) is 4.39 Å². The lowest BCUT2D eigenvalue weighted by atomic mass is 10.2. The first-order chi connectivity index (χ1) is 8.54. The second-order valence-electron chi connectivity index (χ2n) is 4.44. The molecule has 0 saturated heterocycles. The smallest absolute Gasteiger partial charge is 0.149 e. The summed E-state index contributed by atoms with van der Waals surface area (Å²) in [5.74, 6) is -0.285. The first kappa shape index (κ1) is 12.7. The fraction of sp³-hybridized carbons (Fsp3) is 0.385. The van der Waals surface area contributed by atoms with E-state index in [4.69, 9.17) is 0 Å². The van der Waals surface area contributed by atoms with E-state index in [-0.39, 0.29) is 11.9 Å². The van der Waals surface area contributed by atoms with Crippen molar-refractivity contribution in [3.05, 3.63) is 41.0 Å². The summed E-state index contributed by atoms with van der Waals surface area (Å²) in [5.41, 5.74) is 3.00. The van der Waals surface area contributed by atoms with Gasteiger partial charge in [0.15, 0.2) is 0 Å². The minimum absolute atomic E-state index is 0.0901. The van der Waals surface area contributed by atoms with E-state index in [0.29, 0.717) is 5.69 Å². The van der Waals surface area contributed by atoms with E-state index >= 15 is 0 Å². The Morgan fingerprint density at radius 2 is 2.06 bits per heavy atom. The van der Waals surface area contributed by atoms with Gasteiger partial charge in [0.2, 0.25) is 0 Å². The lowest BCUT2D eigenvalue weighted by Gasteiger charge is -2.09. The van der Waals surface area contributed by atoms with Crippen LogP contribution in [0.3, 0.4) is 0 Å². The normalized spacial score (nSPS) is 12.7. The maximum atomic E-state index is 13.9. The van der Waals surface area contributed by atoms with Crippen LogP contribution in [-0.2, 0) is 0 Å². The average molecular weight is 248 g/mol. The Morgan fingerprint density at radius 1 is 1.33 bits per heavy atom. The Hall–Kier alpha value is -1.75. The van der Waals surface area contributed by atoms with Crippen LogP contribution < -0.4 is 5.32 Å². The Morgan fingerprint density at radius 3 is 2.67 bits per heavy atom. The Kier molecular flexibility index (Phi) is 3.43. The van der Waals surface area contributed by atoms with Gasteiger partial charge in [-0.1, -0.05) is 11.3 Å². The predicted molar refractivity (Wildman–Crippen MR) is 68.3 cm³/mol. The quantitative estimate of drug-likeness (QED) is 0.906. The van der Waals surface area contributed by atoms with Crippen LogP contribution in [0, 0.1) is 19.7 Å². The van der Waals surface area contributed by atoms with Crippen molar-refractivity contribution in [1.29, 1.82) is 0 Å². The number of nitrogens with zero attached hydrogens (tertiary/aromatic N) is 3. The van der Waals surface area contributed by atoms with Crippen molar-refractivity contribution in [3.8, 4) is 5.69 Å². The van der Waals surface area contributed by atoms with Gasteiger partial charge in [0.05, 0.1) is 11.7 Å². The van der Waals surface area contributed by atoms with Gasteiger partial charge in [-0.05, 0) is 45.5 Å². The van der Waals surface area contributed by atoms with Crippen LogP contribution in [0.2, 0.25) is 0 Å². The third kappa shape index (κ3) is 2.13. The third-order valence-electron chi connectivity index (χ3n) is 3.10. The Labute approximate surface area is 106 Å². The molecule has 5 heteroatoms. The molecule has 2 aromatic rings. The van der Waals surface area contributed by atoms with E-state index in [0.717, 1.165) is 17.0 Å². The molecular weight excluding hydrogens is 231 g/mol. The molecule has 0 bridgehead atoms. The van der Waals surface area contributed by atoms with Crippen LogP contribution in [0.15, 0.2) is 18.2 Å². The number of hydrogen-bond donors (Lipinski definition) is 1. The van der Waals surface area contributed by atoms with Crippen molar-refractivity contribution < 1.29 is 4.39 Å². The van der Waals surface area contributed by atoms with Gasteiger partial charge in [-0.15, -0.1) is 5.10 Å². The number of benzene rings is 1. The monoisotopic (exact) mass is 248 g/mol. The van der Waals surface area contributed by atoms with Crippen LogP contribution >= 0.6 is 0 Å². The molecule has 0 aliphatic heterocycles. The molecule has 0 aliphatic carbocycles. The summed E-state index contributed by atoms with van der Waals surface area (Å²) in [5, 5.41) is 11.2. The van der Waals surface area contributed by atoms with Crippen molar-refractivity contribution in [2.75, 3.05) is 7.05 Å². The van der Waals surface area contributed by atoms with Crippen molar-refractivity contribution in [2.24, 2.45) is 0 Å². The number of aromatic nitrogens is 3. The highest BCUT2D eigenvalue weighted by Crippen LogP contribution is 2.20. The van der Waals surface area contributed by atoms with E-state index < -0.39 is 0 Å². The van der Waals surface area contributed by atoms with Crippen LogP contribution in [-0.4, -0.2) is 22.0 Å². The van der Waals surface area contributed by atoms with Gasteiger partial charge in [0.1, 0.15) is 17.2 Å². The van der Waals surface area contributed by atoms with Gasteiger partial charge in [-0.25, -0.2) is 9.07 Å². The molecule has 0 radical (unpaired) electrons. The van der Waals surface area contributed by atoms with Gasteiger partial charge in [0.25, 0.3) is 0 Å². The number of hydrogen-bond acceptors (Lipinski definition) is 3. The van der Waals surface area contributed by atoms with Crippen LogP contribution in [0.25, 0.3) is 5.69 Å². The molecule has 1 aromatic heterocycles. The molecule has 1 heterocycles. The lowest BCUT2D eigenvalue weighted by molar-refractivity contribution is 0.603. The summed E-state index contributed by atoms with van der Waals surface area (Å²) in [6.07, 6.45) is 0. The van der Waals surface area contributed by atoms with Crippen LogP contribution in [0.1, 0.15) is 29.9 Å². The number of halogens is 1. The number of aryl methyl sites for hydroxylation is 1. The molecule has 0 fully saturated rings. The first-order valence-corrected chi connectivity index (χ1v) is 5.90. The Bertz CT molecular complexity index is 562. The zero-order chi connectivity index (χ0) is 13.3. The van der Waals surface area contributed by atoms with Gasteiger partial charge >= 0.3 is 0 Å². The van der Waals surface area contributed by atoms with E-state index in [1.54, 1.807) is 6.07 Å². The molecule has 1 N–H and O–H groups in total. The Balaban J connectivity index is 2.49. The number of nitrogens with one attached hydrogen (secondary N) is 1. The SMILES string of the molecule is CNC(C)c1nnn(-c2ccc(C)cc2F)c1C. The topological polar surface area (TPSA) is 42.7 Å². The highest BCUT2D eigenvalue weighted by molar-refractivity contribution is 5.37. The average Bonchev–Trinajstić information content (AvgIpc) is 2.70. The molecule has 4 nitrogen and oxygen atoms in total. The standard InChI is InChI=1S/C13H17FN4/c1-8-5-6-12(11(14)7-8)18-10(3)13(16-17-18)9(2)15-4/h5-7,9,15H,1-4H3. The van der Waals surface area contributed by atoms with Gasteiger partial charge in [-0.2, -0.15) is 0 Å². The van der Waals surface area contributed by atoms with Crippen molar-refractivity contribution in [2.45, 2.75) is 26.8 Å². The molecule has 1 unspecified atom stereocenters. The zero-order valence-electron chi connectivity index (χ0n) is 11.0. The maximum absolute atomic E-state index is 13.9. The van der Waals surface area contributed by atoms with Crippen molar-refractivity contribution in [3.63, 3.8) is 0 Å². The van der Waals surface area contributed by atoms with Crippen LogP contribution in [0.4, 0.5) is 4.39 Å². The fourth-order valence-corrected chi connectivity index (χ4v) is 1.89. The summed E-state index contributed by atoms with van der Waals surface area (Å²) >= 11 is 0. The fourth-order valence-electron chi connectivity index (χ4n) is 1.89. The highest BCUT2D eigenvalue weighted by Gasteiger charge is 2.16. The third-order valence-corrected chi connectivity index (χ3v) is 3.10. The molecule has 0 spiro atoms. The minimum atomic E-state index is -0.285. The first-order valence-electron chi connectivity index (χ1n) is 5.90. The summed E-state index contributed by atoms with van der Waals surface area (Å²) in [4.78, 5) is 0. The van der Waals surface area contributed by atoms with Crippen molar-refractivity contribution >= 4 is 0 Å². The molecule has 0 aliphatic rings. The zero-order valence-corrected chi connectivity index (χ0v) is 11.0. The summed E-state index contributed by atoms with van der Waals surface area (Å²) in [6.45, 7) is 5.74. The molecule has 0 amide bonds. The van der Waals surface area contributed by atoms with E-state index in [1.807, 2.05) is 33.9 Å². The number of rotatable bonds is 3. The molecule has 0 saturated carbocycles. The highest BCUT2D eigenvalue weighted by atomic mass is 19.1. The van der Waals surface area contributed by atoms with E-state index in [1.165, 1.54) is 10.7 Å². The molecule has 2 rings (SSSR count). The molecule has 1 aromatic carbocycles. The van der Waals surface area contributed by atoms with E-state index in [2.05, 4.69) is 15.6 Å². The van der Waals surface area contributed by atoms with Crippen molar-refractivity contribution in [1.82, 2.24) is 20.3 Å². The predicted octanol–water partition coefficient (Wildman–Crippen LogP) is 2.30. The van der Waals surface area contributed by atoms with Crippen LogP contribution in [0.5, 0.6) is 0 Å². The van der Waals surface area contributed by atoms with Gasteiger partial charge in [0, 0.05) is 0 Å².